The fourth-order valence-corrected chi connectivity index (χ4v) is 8.56. The standard InChI is InChI=1S/C42H53ClFNO7/c1-27-7-6-17-41(2)36(16-18-42(41,50)26-45(24-31(48)25-46)23-29-12-14-32(51-3)21-40(29)52-4)33-15-11-28(19-30(47)13-10-27)20-34(33)39(49)22-35-37(43)8-5-9-38(35)44/h5,7-9,11-12,14-15,20-21,30-31,36,46-48,50H,6,10,13,16-19,22-26H2,1-4H3/t30-,31-,36-,41-,42+/m0/s1. The number of carbonyl (C=O) groups excluding carboxylic acids is 1. The molecule has 0 amide bonds. The quantitative estimate of drug-likeness (QED) is 0.118. The fraction of sp³-hybridized carbons (Fsp3) is 0.500. The minimum absolute atomic E-state index is 0.109. The van der Waals surface area contributed by atoms with Crippen molar-refractivity contribution in [3.8, 4) is 11.5 Å². The number of rotatable bonds is 12. The molecule has 3 aliphatic carbocycles. The average molecular weight is 738 g/mol. The lowest BCUT2D eigenvalue weighted by Gasteiger charge is -2.46. The Hall–Kier alpha value is -3.31. The van der Waals surface area contributed by atoms with Crippen LogP contribution in [0.1, 0.15) is 90.9 Å². The lowest BCUT2D eigenvalue weighted by Crippen LogP contribution is -2.53. The lowest BCUT2D eigenvalue weighted by molar-refractivity contribution is -0.0908. The number of hydrogen-bond acceptors (Lipinski definition) is 8. The van der Waals surface area contributed by atoms with Crippen molar-refractivity contribution < 1.29 is 39.1 Å². The zero-order chi connectivity index (χ0) is 37.6. The van der Waals surface area contributed by atoms with Crippen molar-refractivity contribution in [3.63, 3.8) is 0 Å². The Morgan fingerprint density at radius 2 is 1.88 bits per heavy atom. The van der Waals surface area contributed by atoms with Gasteiger partial charge < -0.3 is 29.9 Å². The van der Waals surface area contributed by atoms with Crippen LogP contribution >= 0.6 is 11.6 Å². The van der Waals surface area contributed by atoms with E-state index in [0.29, 0.717) is 62.1 Å². The highest BCUT2D eigenvalue weighted by molar-refractivity contribution is 6.31. The van der Waals surface area contributed by atoms with Crippen LogP contribution in [-0.2, 0) is 19.4 Å². The molecule has 2 bridgehead atoms. The lowest BCUT2D eigenvalue weighted by atomic mass is 9.64. The predicted octanol–water partition coefficient (Wildman–Crippen LogP) is 6.82. The van der Waals surface area contributed by atoms with E-state index in [9.17, 15) is 29.6 Å². The van der Waals surface area contributed by atoms with Gasteiger partial charge in [0.25, 0.3) is 0 Å². The van der Waals surface area contributed by atoms with Gasteiger partial charge in [-0.3, -0.25) is 9.69 Å². The van der Waals surface area contributed by atoms with Crippen molar-refractivity contribution in [1.29, 1.82) is 0 Å². The summed E-state index contributed by atoms with van der Waals surface area (Å²) in [6.45, 7) is 4.35. The summed E-state index contributed by atoms with van der Waals surface area (Å²) in [7, 11) is 3.16. The molecular formula is C42H53ClFNO7. The smallest absolute Gasteiger partial charge is 0.167 e. The zero-order valence-electron chi connectivity index (χ0n) is 30.7. The largest absolute Gasteiger partial charge is 0.497 e. The Balaban J connectivity index is 1.57. The highest BCUT2D eigenvalue weighted by atomic mass is 35.5. The first-order valence-electron chi connectivity index (χ1n) is 18.2. The number of Topliss-reactive ketones (excluding diaryl/α,β-unsaturated/α-hetero) is 1. The van der Waals surface area contributed by atoms with Crippen LogP contribution < -0.4 is 9.47 Å². The molecule has 0 spiro atoms. The molecule has 0 heterocycles. The molecule has 4 N–H and O–H groups in total. The van der Waals surface area contributed by atoms with Crippen LogP contribution in [0, 0.1) is 11.2 Å². The maximum absolute atomic E-state index is 14.9. The molecule has 5 atom stereocenters. The normalized spacial score (nSPS) is 24.2. The second-order valence-corrected chi connectivity index (χ2v) is 15.3. The Morgan fingerprint density at radius 3 is 2.60 bits per heavy atom. The molecule has 0 aromatic heterocycles. The molecular weight excluding hydrogens is 685 g/mol. The van der Waals surface area contributed by atoms with Gasteiger partial charge in [-0.25, -0.2) is 4.39 Å². The zero-order valence-corrected chi connectivity index (χ0v) is 31.5. The number of carbonyl (C=O) groups is 1. The third-order valence-electron chi connectivity index (χ3n) is 11.4. The number of aliphatic hydroxyl groups excluding tert-OH is 3. The van der Waals surface area contributed by atoms with Gasteiger partial charge in [0.15, 0.2) is 5.78 Å². The van der Waals surface area contributed by atoms with Gasteiger partial charge in [-0.15, -0.1) is 0 Å². The summed E-state index contributed by atoms with van der Waals surface area (Å²) >= 11 is 6.38. The predicted molar refractivity (Wildman–Crippen MR) is 201 cm³/mol. The Bertz CT molecular complexity index is 1730. The van der Waals surface area contributed by atoms with Crippen LogP contribution in [0.15, 0.2) is 66.2 Å². The molecule has 6 rings (SSSR count). The molecule has 0 radical (unpaired) electrons. The Morgan fingerprint density at radius 1 is 1.10 bits per heavy atom. The number of aliphatic hydroxyl groups is 4. The molecule has 8 nitrogen and oxygen atoms in total. The Labute approximate surface area is 311 Å². The van der Waals surface area contributed by atoms with Crippen molar-refractivity contribution >= 4 is 17.4 Å². The third-order valence-corrected chi connectivity index (χ3v) is 11.8. The molecule has 10 heteroatoms. The number of ether oxygens (including phenoxy) is 2. The average Bonchev–Trinajstić information content (AvgIpc) is 3.37. The van der Waals surface area contributed by atoms with Gasteiger partial charge >= 0.3 is 0 Å². The van der Waals surface area contributed by atoms with E-state index in [1.54, 1.807) is 26.4 Å². The van der Waals surface area contributed by atoms with Crippen LogP contribution in [0.4, 0.5) is 4.39 Å². The van der Waals surface area contributed by atoms with Gasteiger partial charge in [-0.05, 0) is 93.2 Å². The van der Waals surface area contributed by atoms with Gasteiger partial charge in [0, 0.05) is 59.2 Å². The van der Waals surface area contributed by atoms with Crippen molar-refractivity contribution in [3.05, 3.63) is 105 Å². The topological polar surface area (TPSA) is 120 Å². The van der Waals surface area contributed by atoms with Gasteiger partial charge in [0.2, 0.25) is 0 Å². The van der Waals surface area contributed by atoms with E-state index in [0.717, 1.165) is 23.1 Å². The van der Waals surface area contributed by atoms with Crippen LogP contribution in [-0.4, -0.2) is 82.8 Å². The van der Waals surface area contributed by atoms with Crippen LogP contribution in [0.2, 0.25) is 5.02 Å². The molecule has 52 heavy (non-hydrogen) atoms. The first-order chi connectivity index (χ1) is 24.8. The summed E-state index contributed by atoms with van der Waals surface area (Å²) in [5, 5.41) is 44.6. The van der Waals surface area contributed by atoms with Gasteiger partial charge in [-0.1, -0.05) is 54.4 Å². The summed E-state index contributed by atoms with van der Waals surface area (Å²) in [6.07, 6.45) is 4.28. The molecule has 0 unspecified atom stereocenters. The first-order valence-corrected chi connectivity index (χ1v) is 18.6. The molecule has 3 aromatic rings. The van der Waals surface area contributed by atoms with E-state index in [1.807, 2.05) is 35.2 Å². The highest BCUT2D eigenvalue weighted by Crippen LogP contribution is 2.59. The fourth-order valence-electron chi connectivity index (χ4n) is 8.33. The van der Waals surface area contributed by atoms with E-state index >= 15 is 0 Å². The number of methoxy groups -OCH3 is 2. The number of allylic oxidation sites excluding steroid dienone is 2. The Kier molecular flexibility index (Phi) is 13.2. The number of ketones is 1. The maximum Gasteiger partial charge on any atom is 0.167 e. The summed E-state index contributed by atoms with van der Waals surface area (Å²) in [5.41, 5.74) is 2.17. The minimum Gasteiger partial charge on any atom is -0.497 e. The van der Waals surface area contributed by atoms with E-state index < -0.39 is 35.6 Å². The van der Waals surface area contributed by atoms with Gasteiger partial charge in [-0.2, -0.15) is 0 Å². The number of nitrogens with zero attached hydrogens (tertiary/aromatic N) is 1. The summed E-state index contributed by atoms with van der Waals surface area (Å²) in [5.74, 6) is 0.171. The van der Waals surface area contributed by atoms with Crippen LogP contribution in [0.3, 0.4) is 0 Å². The van der Waals surface area contributed by atoms with E-state index in [2.05, 4.69) is 19.9 Å². The first kappa shape index (κ1) is 39.9. The molecule has 0 aliphatic heterocycles. The highest BCUT2D eigenvalue weighted by Gasteiger charge is 2.57. The van der Waals surface area contributed by atoms with Crippen molar-refractivity contribution in [1.82, 2.24) is 4.90 Å². The van der Waals surface area contributed by atoms with E-state index in [1.165, 1.54) is 17.7 Å². The van der Waals surface area contributed by atoms with Crippen molar-refractivity contribution in [2.75, 3.05) is 33.9 Å². The number of hydrogen-bond donors (Lipinski definition) is 4. The number of benzene rings is 3. The monoisotopic (exact) mass is 737 g/mol. The number of fused-ring (bicyclic) bond motifs is 8. The SMILES string of the molecule is COc1ccc(CN(C[C@H](O)CO)C[C@]2(O)CC[C@H]3c4ccc(cc4C(=O)Cc4c(F)cccc4Cl)C[C@@H](O)CCC(C)=CCC[C@@]32C)c(OC)c1. The summed E-state index contributed by atoms with van der Waals surface area (Å²) in [4.78, 5) is 16.2. The molecule has 3 aliphatic rings. The van der Waals surface area contributed by atoms with Crippen LogP contribution in [0.25, 0.3) is 0 Å². The van der Waals surface area contributed by atoms with E-state index in [-0.39, 0.29) is 41.8 Å². The van der Waals surface area contributed by atoms with Crippen molar-refractivity contribution in [2.24, 2.45) is 5.41 Å². The van der Waals surface area contributed by atoms with Gasteiger partial charge in [0.05, 0.1) is 38.6 Å². The summed E-state index contributed by atoms with van der Waals surface area (Å²) < 4.78 is 26.0. The molecule has 282 valence electrons. The van der Waals surface area contributed by atoms with Crippen molar-refractivity contribution in [2.45, 2.75) is 95.5 Å². The summed E-state index contributed by atoms with van der Waals surface area (Å²) in [6, 6.07) is 15.6. The van der Waals surface area contributed by atoms with Crippen LogP contribution in [0.5, 0.6) is 11.5 Å². The van der Waals surface area contributed by atoms with E-state index in [4.69, 9.17) is 21.1 Å². The minimum atomic E-state index is -1.27. The maximum atomic E-state index is 14.9. The second kappa shape index (κ2) is 17.2. The second-order valence-electron chi connectivity index (χ2n) is 14.9. The molecule has 1 fully saturated rings. The number of halogens is 2. The molecule has 3 aromatic carbocycles. The molecule has 1 saturated carbocycles. The molecule has 0 saturated heterocycles. The third kappa shape index (κ3) is 8.89. The van der Waals surface area contributed by atoms with Gasteiger partial charge in [0.1, 0.15) is 17.3 Å².